The molecule has 1 aromatic carbocycles. The van der Waals surface area contributed by atoms with E-state index in [0.717, 1.165) is 0 Å². The average molecular weight is 377 g/mol. The summed E-state index contributed by atoms with van der Waals surface area (Å²) in [6.07, 6.45) is 14.1. The maximum atomic E-state index is 6.03. The Kier molecular flexibility index (Phi) is 13.6. The van der Waals surface area contributed by atoms with Gasteiger partial charge in [-0.3, -0.25) is 0 Å². The van der Waals surface area contributed by atoms with Crippen molar-refractivity contribution in [3.63, 3.8) is 0 Å². The summed E-state index contributed by atoms with van der Waals surface area (Å²) >= 11 is 6.03. The quantitative estimate of drug-likeness (QED) is 0.375. The van der Waals surface area contributed by atoms with Crippen LogP contribution in [-0.2, 0) is 12.0 Å². The third kappa shape index (κ3) is 8.76. The molecule has 0 aliphatic carbocycles. The van der Waals surface area contributed by atoms with Crippen LogP contribution in [-0.4, -0.2) is 18.5 Å². The van der Waals surface area contributed by atoms with Crippen LogP contribution in [0.3, 0.4) is 0 Å². The van der Waals surface area contributed by atoms with E-state index in [4.69, 9.17) is 11.6 Å². The Bertz CT molecular complexity index is 385. The molecule has 3 heteroatoms. The zero-order valence-corrected chi connectivity index (χ0v) is 17.7. The van der Waals surface area contributed by atoms with E-state index in [1.165, 1.54) is 74.3 Å². The highest BCUT2D eigenvalue weighted by Crippen LogP contribution is 2.63. The van der Waals surface area contributed by atoms with Crippen LogP contribution in [0.5, 0.6) is 0 Å². The van der Waals surface area contributed by atoms with E-state index in [9.17, 15) is 0 Å². The molecule has 0 aliphatic rings. The van der Waals surface area contributed by atoms with Crippen LogP contribution < -0.4 is 12.4 Å². The molecular weight excluding hydrogens is 342 g/mol. The predicted octanol–water partition coefficient (Wildman–Crippen LogP) is 4.35. The molecule has 0 amide bonds. The second-order valence-corrected chi connectivity index (χ2v) is 11.3. The molecule has 1 aromatic rings. The molecule has 0 heterocycles. The lowest BCUT2D eigenvalue weighted by atomic mass is 10.2. The molecule has 0 spiro atoms. The summed E-state index contributed by atoms with van der Waals surface area (Å²) in [5.74, 6) is 0.637. The second kappa shape index (κ2) is 13.5. The minimum atomic E-state index is -0.841. The van der Waals surface area contributed by atoms with Gasteiger partial charge in [0.05, 0.1) is 24.6 Å². The van der Waals surface area contributed by atoms with Gasteiger partial charge in [-0.1, -0.05) is 64.3 Å². The highest BCUT2D eigenvalue weighted by molar-refractivity contribution is 7.75. The number of halogens is 2. The van der Waals surface area contributed by atoms with Gasteiger partial charge in [0.1, 0.15) is 0 Å². The molecule has 0 fully saturated rings. The van der Waals surface area contributed by atoms with Gasteiger partial charge in [-0.25, -0.2) is 0 Å². The topological polar surface area (TPSA) is 0 Å². The first kappa shape index (κ1) is 23.2. The van der Waals surface area contributed by atoms with Crippen molar-refractivity contribution in [1.82, 2.24) is 0 Å². The normalized spacial score (nSPS) is 11.3. The fourth-order valence-corrected chi connectivity index (χ4v) is 8.50. The zero-order valence-electron chi connectivity index (χ0n) is 15.3. The Balaban J connectivity index is 0.00000484. The molecular formula is C20H35Cl2P. The average Bonchev–Trinajstić information content (AvgIpc) is 2.56. The van der Waals surface area contributed by atoms with Crippen molar-refractivity contribution in [2.45, 2.75) is 71.3 Å². The van der Waals surface area contributed by atoms with Crippen molar-refractivity contribution >= 4 is 18.9 Å². The van der Waals surface area contributed by atoms with E-state index in [1.54, 1.807) is 0 Å². The minimum Gasteiger partial charge on any atom is -1.00 e. The van der Waals surface area contributed by atoms with E-state index in [-0.39, 0.29) is 12.4 Å². The van der Waals surface area contributed by atoms with Crippen LogP contribution >= 0.6 is 18.9 Å². The lowest BCUT2D eigenvalue weighted by Crippen LogP contribution is -3.00. The van der Waals surface area contributed by atoms with Crippen molar-refractivity contribution in [3.05, 3.63) is 35.4 Å². The monoisotopic (exact) mass is 376 g/mol. The van der Waals surface area contributed by atoms with E-state index in [0.29, 0.717) is 5.88 Å². The Labute approximate surface area is 156 Å². The number of hydrogen-bond donors (Lipinski definition) is 0. The largest absolute Gasteiger partial charge is 1.00 e. The summed E-state index contributed by atoms with van der Waals surface area (Å²) < 4.78 is 0. The first-order valence-electron chi connectivity index (χ1n) is 9.18. The molecule has 0 unspecified atom stereocenters. The molecule has 0 nitrogen and oxygen atoms in total. The van der Waals surface area contributed by atoms with Crippen molar-refractivity contribution in [1.29, 1.82) is 0 Å². The van der Waals surface area contributed by atoms with Gasteiger partial charge in [0, 0.05) is 13.1 Å². The van der Waals surface area contributed by atoms with Crippen molar-refractivity contribution in [3.8, 4) is 0 Å². The maximum Gasteiger partial charge on any atom is 0.0843 e. The molecule has 1 rings (SSSR count). The lowest BCUT2D eigenvalue weighted by molar-refractivity contribution is -0.00000489. The molecule has 0 aromatic heterocycles. The second-order valence-electron chi connectivity index (χ2n) is 6.68. The summed E-state index contributed by atoms with van der Waals surface area (Å²) in [6, 6.07) is 9.03. The van der Waals surface area contributed by atoms with Gasteiger partial charge in [-0.15, -0.1) is 11.6 Å². The number of benzene rings is 1. The van der Waals surface area contributed by atoms with Gasteiger partial charge < -0.3 is 12.4 Å². The number of rotatable bonds is 12. The molecule has 0 aliphatic heterocycles. The maximum absolute atomic E-state index is 6.03. The van der Waals surface area contributed by atoms with Crippen molar-refractivity contribution in [2.24, 2.45) is 0 Å². The predicted molar refractivity (Wildman–Crippen MR) is 106 cm³/mol. The van der Waals surface area contributed by atoms with Crippen LogP contribution in [0.2, 0.25) is 0 Å². The van der Waals surface area contributed by atoms with Crippen LogP contribution in [0.4, 0.5) is 0 Å². The zero-order chi connectivity index (χ0) is 16.3. The molecule has 0 saturated heterocycles. The van der Waals surface area contributed by atoms with Crippen LogP contribution in [0, 0.1) is 0 Å². The number of hydrogen-bond acceptors (Lipinski definition) is 0. The fourth-order valence-electron chi connectivity index (χ4n) is 3.25. The number of unbranched alkanes of at least 4 members (excludes halogenated alkanes) is 3. The van der Waals surface area contributed by atoms with E-state index >= 15 is 0 Å². The fraction of sp³-hybridized carbons (Fsp3) is 0.700. The van der Waals surface area contributed by atoms with E-state index in [1.807, 2.05) is 0 Å². The first-order valence-corrected chi connectivity index (χ1v) is 12.2. The molecule has 23 heavy (non-hydrogen) atoms. The minimum absolute atomic E-state index is 0. The van der Waals surface area contributed by atoms with Gasteiger partial charge in [0.15, 0.2) is 0 Å². The van der Waals surface area contributed by atoms with Crippen molar-refractivity contribution < 1.29 is 12.4 Å². The van der Waals surface area contributed by atoms with Gasteiger partial charge in [0.2, 0.25) is 0 Å². The van der Waals surface area contributed by atoms with E-state index in [2.05, 4.69) is 45.0 Å². The van der Waals surface area contributed by atoms with Gasteiger partial charge in [-0.05, 0) is 30.4 Å². The Morgan fingerprint density at radius 2 is 1.30 bits per heavy atom. The summed E-state index contributed by atoms with van der Waals surface area (Å²) in [6.45, 7) is 7.01. The number of alkyl halides is 1. The molecule has 134 valence electrons. The van der Waals surface area contributed by atoms with Gasteiger partial charge >= 0.3 is 0 Å². The molecule has 0 bridgehead atoms. The Hall–Kier alpha value is 0.230. The highest BCUT2D eigenvalue weighted by Gasteiger charge is 2.35. The van der Waals surface area contributed by atoms with Gasteiger partial charge in [0.25, 0.3) is 0 Å². The van der Waals surface area contributed by atoms with Crippen molar-refractivity contribution in [2.75, 3.05) is 18.5 Å². The third-order valence-corrected chi connectivity index (χ3v) is 9.76. The van der Waals surface area contributed by atoms with Crippen LogP contribution in [0.15, 0.2) is 24.3 Å². The highest BCUT2D eigenvalue weighted by atomic mass is 35.5. The lowest BCUT2D eigenvalue weighted by Gasteiger charge is -2.28. The molecule has 0 radical (unpaired) electrons. The van der Waals surface area contributed by atoms with Gasteiger partial charge in [-0.2, -0.15) is 0 Å². The third-order valence-electron chi connectivity index (χ3n) is 4.62. The summed E-state index contributed by atoms with van der Waals surface area (Å²) in [4.78, 5) is 0. The summed E-state index contributed by atoms with van der Waals surface area (Å²) in [5.41, 5.74) is 2.81. The molecule has 0 saturated carbocycles. The molecule has 0 N–H and O–H groups in total. The van der Waals surface area contributed by atoms with Crippen LogP contribution in [0.25, 0.3) is 0 Å². The molecule has 0 atom stereocenters. The Morgan fingerprint density at radius 3 is 1.74 bits per heavy atom. The summed E-state index contributed by atoms with van der Waals surface area (Å²) in [5, 5.41) is 0. The van der Waals surface area contributed by atoms with E-state index < -0.39 is 7.26 Å². The SMILES string of the molecule is CCCC[P+](CCCC)(CCCC)Cc1cccc(CCl)c1.[Cl-]. The Morgan fingerprint density at radius 1 is 0.826 bits per heavy atom. The van der Waals surface area contributed by atoms with Crippen LogP contribution in [0.1, 0.15) is 70.4 Å². The smallest absolute Gasteiger partial charge is 0.0843 e. The standard InChI is InChI=1S/C20H35ClP.ClH/c1-4-7-13-22(14-8-5-2,15-9-6-3)18-20-12-10-11-19(16-20)17-21;/h10-12,16H,4-9,13-15,17-18H2,1-3H3;1H/q+1;/p-1. The first-order chi connectivity index (χ1) is 10.7. The summed E-state index contributed by atoms with van der Waals surface area (Å²) in [7, 11) is -0.841.